The molecule has 1 rings (SSSR count). The fourth-order valence-electron chi connectivity index (χ4n) is 1.07. The number of ether oxygens (including phenoxy) is 1. The number of esters is 1. The van der Waals surface area contributed by atoms with Crippen molar-refractivity contribution in [2.45, 2.75) is 19.3 Å². The zero-order chi connectivity index (χ0) is 8.27. The lowest BCUT2D eigenvalue weighted by molar-refractivity contribution is -0.143. The van der Waals surface area contributed by atoms with Crippen molar-refractivity contribution in [2.24, 2.45) is 5.92 Å². The number of carboxylic acids is 1. The van der Waals surface area contributed by atoms with Gasteiger partial charge in [0.25, 0.3) is 0 Å². The number of carbonyl (C=O) groups excluding carboxylic acids is 1. The molecule has 4 nitrogen and oxygen atoms in total. The van der Waals surface area contributed by atoms with Crippen molar-refractivity contribution in [3.8, 4) is 0 Å². The molecule has 1 N–H and O–H groups in total. The zero-order valence-electron chi connectivity index (χ0n) is 6.08. The monoisotopic (exact) mass is 158 g/mol. The third kappa shape index (κ3) is 2.22. The Morgan fingerprint density at radius 3 is 2.91 bits per heavy atom. The molecule has 0 spiro atoms. The van der Waals surface area contributed by atoms with Crippen LogP contribution in [0.25, 0.3) is 0 Å². The van der Waals surface area contributed by atoms with E-state index in [4.69, 9.17) is 5.11 Å². The Balaban J connectivity index is 2.46. The molecular weight excluding hydrogens is 148 g/mol. The fourth-order valence-corrected chi connectivity index (χ4v) is 1.07. The Labute approximate surface area is 64.2 Å². The van der Waals surface area contributed by atoms with E-state index in [0.717, 1.165) is 0 Å². The average molecular weight is 158 g/mol. The number of carbonyl (C=O) groups is 2. The molecule has 1 aliphatic rings. The minimum atomic E-state index is -0.830. The predicted octanol–water partition coefficient (Wildman–Crippen LogP) is 0.414. The molecule has 0 unspecified atom stereocenters. The quantitative estimate of drug-likeness (QED) is 0.561. The van der Waals surface area contributed by atoms with Gasteiger partial charge in [-0.3, -0.25) is 9.59 Å². The average Bonchev–Trinajstić information content (AvgIpc) is 2.13. The second kappa shape index (κ2) is 3.37. The normalized spacial score (nSPS) is 25.5. The molecule has 1 atom stereocenters. The molecule has 62 valence electrons. The fraction of sp³-hybridized carbons (Fsp3) is 0.714. The van der Waals surface area contributed by atoms with Crippen LogP contribution >= 0.6 is 0 Å². The van der Waals surface area contributed by atoms with E-state index in [1.807, 2.05) is 0 Å². The van der Waals surface area contributed by atoms with Gasteiger partial charge in [-0.1, -0.05) is 0 Å². The van der Waals surface area contributed by atoms with E-state index in [2.05, 4.69) is 4.74 Å². The predicted molar refractivity (Wildman–Crippen MR) is 35.9 cm³/mol. The van der Waals surface area contributed by atoms with Crippen LogP contribution in [0.15, 0.2) is 0 Å². The van der Waals surface area contributed by atoms with Crippen molar-refractivity contribution in [3.63, 3.8) is 0 Å². The molecule has 0 radical (unpaired) electrons. The van der Waals surface area contributed by atoms with Gasteiger partial charge in [0.15, 0.2) is 0 Å². The molecule has 0 aromatic rings. The van der Waals surface area contributed by atoms with Gasteiger partial charge in [0.05, 0.1) is 12.5 Å². The van der Waals surface area contributed by atoms with Crippen LogP contribution in [0, 0.1) is 5.92 Å². The van der Waals surface area contributed by atoms with Gasteiger partial charge in [0.1, 0.15) is 0 Å². The first-order chi connectivity index (χ1) is 5.20. The lowest BCUT2D eigenvalue weighted by atomic mass is 10.0. The number of carboxylic acid groups (broad SMARTS) is 1. The van der Waals surface area contributed by atoms with Gasteiger partial charge < -0.3 is 9.84 Å². The summed E-state index contributed by atoms with van der Waals surface area (Å²) in [5, 5.41) is 8.58. The number of rotatable bonds is 1. The van der Waals surface area contributed by atoms with Crippen LogP contribution < -0.4 is 0 Å². The van der Waals surface area contributed by atoms with Crippen LogP contribution in [0.2, 0.25) is 0 Å². The Kier molecular flexibility index (Phi) is 2.46. The first-order valence-corrected chi connectivity index (χ1v) is 3.58. The van der Waals surface area contributed by atoms with Crippen LogP contribution in [-0.4, -0.2) is 23.7 Å². The maximum atomic E-state index is 10.6. The van der Waals surface area contributed by atoms with E-state index in [9.17, 15) is 9.59 Å². The highest BCUT2D eigenvalue weighted by molar-refractivity contribution is 5.74. The molecule has 1 fully saturated rings. The smallest absolute Gasteiger partial charge is 0.306 e. The van der Waals surface area contributed by atoms with Gasteiger partial charge in [0, 0.05) is 6.42 Å². The van der Waals surface area contributed by atoms with Gasteiger partial charge in [-0.25, -0.2) is 0 Å². The Hall–Kier alpha value is -1.06. The highest BCUT2D eigenvalue weighted by Crippen LogP contribution is 2.15. The van der Waals surface area contributed by atoms with Crippen LogP contribution in [0.4, 0.5) is 0 Å². The molecule has 1 saturated heterocycles. The Bertz CT molecular complexity index is 175. The zero-order valence-corrected chi connectivity index (χ0v) is 6.08. The Morgan fingerprint density at radius 1 is 1.55 bits per heavy atom. The summed E-state index contributed by atoms with van der Waals surface area (Å²) in [7, 11) is 0. The van der Waals surface area contributed by atoms with Gasteiger partial charge in [0.2, 0.25) is 0 Å². The van der Waals surface area contributed by atoms with Crippen molar-refractivity contribution in [1.29, 1.82) is 0 Å². The minimum Gasteiger partial charge on any atom is -0.481 e. The van der Waals surface area contributed by atoms with E-state index >= 15 is 0 Å². The second-order valence-corrected chi connectivity index (χ2v) is 2.58. The summed E-state index contributed by atoms with van der Waals surface area (Å²) in [6.45, 7) is 0.246. The molecule has 0 amide bonds. The number of cyclic esters (lactones) is 1. The molecule has 0 aliphatic carbocycles. The van der Waals surface area contributed by atoms with Crippen LogP contribution in [0.1, 0.15) is 19.3 Å². The molecule has 1 aliphatic heterocycles. The van der Waals surface area contributed by atoms with Crippen LogP contribution in [0.5, 0.6) is 0 Å². The van der Waals surface area contributed by atoms with Crippen LogP contribution in [-0.2, 0) is 14.3 Å². The molecule has 4 heteroatoms. The highest BCUT2D eigenvalue weighted by atomic mass is 16.5. The molecule has 0 aromatic carbocycles. The molecular formula is C7H10O4. The van der Waals surface area contributed by atoms with E-state index < -0.39 is 11.9 Å². The minimum absolute atomic E-state index is 0.233. The van der Waals surface area contributed by atoms with E-state index in [0.29, 0.717) is 12.8 Å². The molecule has 0 aromatic heterocycles. The van der Waals surface area contributed by atoms with Gasteiger partial charge in [-0.15, -0.1) is 0 Å². The van der Waals surface area contributed by atoms with Crippen molar-refractivity contribution >= 4 is 11.9 Å². The van der Waals surface area contributed by atoms with Crippen molar-refractivity contribution < 1.29 is 19.4 Å². The molecule has 0 bridgehead atoms. The van der Waals surface area contributed by atoms with Gasteiger partial charge in [-0.05, 0) is 12.8 Å². The maximum absolute atomic E-state index is 10.6. The largest absolute Gasteiger partial charge is 0.481 e. The maximum Gasteiger partial charge on any atom is 0.306 e. The Morgan fingerprint density at radius 2 is 2.27 bits per heavy atom. The van der Waals surface area contributed by atoms with E-state index in [-0.39, 0.29) is 19.0 Å². The third-order valence-electron chi connectivity index (χ3n) is 1.78. The van der Waals surface area contributed by atoms with E-state index in [1.54, 1.807) is 0 Å². The topological polar surface area (TPSA) is 63.6 Å². The summed E-state index contributed by atoms with van der Waals surface area (Å²) in [4.78, 5) is 21.1. The number of aliphatic carboxylic acids is 1. The van der Waals surface area contributed by atoms with Gasteiger partial charge >= 0.3 is 11.9 Å². The first-order valence-electron chi connectivity index (χ1n) is 3.58. The molecule has 11 heavy (non-hydrogen) atoms. The highest BCUT2D eigenvalue weighted by Gasteiger charge is 2.22. The summed E-state index contributed by atoms with van der Waals surface area (Å²) < 4.78 is 4.68. The SMILES string of the molecule is O=C1CC[C@@H](C(=O)O)CCO1. The molecule has 1 heterocycles. The lowest BCUT2D eigenvalue weighted by Gasteiger charge is -2.03. The standard InChI is InChI=1S/C7H10O4/c8-6-2-1-5(7(9)10)3-4-11-6/h5H,1-4H2,(H,9,10)/t5-/m1/s1. The number of hydrogen-bond donors (Lipinski definition) is 1. The second-order valence-electron chi connectivity index (χ2n) is 2.58. The summed E-state index contributed by atoms with van der Waals surface area (Å²) >= 11 is 0. The summed E-state index contributed by atoms with van der Waals surface area (Å²) in [5.74, 6) is -1.52. The first kappa shape index (κ1) is 8.04. The van der Waals surface area contributed by atoms with Crippen molar-refractivity contribution in [1.82, 2.24) is 0 Å². The van der Waals surface area contributed by atoms with E-state index in [1.165, 1.54) is 0 Å². The number of hydrogen-bond acceptors (Lipinski definition) is 3. The summed E-state index contributed by atoms with van der Waals surface area (Å²) in [6.07, 6.45) is 1.09. The summed E-state index contributed by atoms with van der Waals surface area (Å²) in [5.41, 5.74) is 0. The van der Waals surface area contributed by atoms with Crippen LogP contribution in [0.3, 0.4) is 0 Å². The van der Waals surface area contributed by atoms with Crippen molar-refractivity contribution in [3.05, 3.63) is 0 Å². The molecule has 0 saturated carbocycles. The van der Waals surface area contributed by atoms with Crippen molar-refractivity contribution in [2.75, 3.05) is 6.61 Å². The lowest BCUT2D eigenvalue weighted by Crippen LogP contribution is -2.13. The third-order valence-corrected chi connectivity index (χ3v) is 1.78. The van der Waals surface area contributed by atoms with Gasteiger partial charge in [-0.2, -0.15) is 0 Å². The summed E-state index contributed by atoms with van der Waals surface area (Å²) in [6, 6.07) is 0.